The van der Waals surface area contributed by atoms with Crippen molar-refractivity contribution in [3.05, 3.63) is 11.8 Å². The van der Waals surface area contributed by atoms with Gasteiger partial charge in [0.25, 0.3) is 0 Å². The van der Waals surface area contributed by atoms with Gasteiger partial charge in [-0.3, -0.25) is 0 Å². The maximum atomic E-state index is 9.29. The first-order valence-corrected chi connectivity index (χ1v) is 6.92. The molecule has 0 aromatic carbocycles. The van der Waals surface area contributed by atoms with E-state index in [1.165, 1.54) is 0 Å². The van der Waals surface area contributed by atoms with E-state index >= 15 is 0 Å². The van der Waals surface area contributed by atoms with Gasteiger partial charge in [0.05, 0.1) is 5.69 Å². The van der Waals surface area contributed by atoms with E-state index < -0.39 is 0 Å². The number of nitriles is 1. The van der Waals surface area contributed by atoms with Crippen LogP contribution in [-0.4, -0.2) is 42.7 Å². The number of nitrogens with zero attached hydrogens (tertiary/aromatic N) is 4. The Morgan fingerprint density at radius 2 is 2.00 bits per heavy atom. The van der Waals surface area contributed by atoms with Crippen molar-refractivity contribution in [1.29, 1.82) is 5.26 Å². The van der Waals surface area contributed by atoms with Crippen molar-refractivity contribution in [3.8, 4) is 6.07 Å². The molecule has 5 heteroatoms. The van der Waals surface area contributed by atoms with Gasteiger partial charge in [-0.25, -0.2) is 0 Å². The molecule has 0 unspecified atom stereocenters. The first-order chi connectivity index (χ1) is 9.08. The fourth-order valence-corrected chi connectivity index (χ4v) is 2.60. The number of aromatic nitrogens is 1. The van der Waals surface area contributed by atoms with Crippen LogP contribution in [0.3, 0.4) is 0 Å². The fraction of sp³-hybridized carbons (Fsp3) is 0.643. The summed E-state index contributed by atoms with van der Waals surface area (Å²) in [6.45, 7) is 8.27. The van der Waals surface area contributed by atoms with E-state index in [1.54, 1.807) is 6.07 Å². The van der Waals surface area contributed by atoms with Gasteiger partial charge in [-0.05, 0) is 26.5 Å². The topological polar surface area (TPSA) is 61.2 Å². The highest BCUT2D eigenvalue weighted by molar-refractivity contribution is 5.68. The molecule has 104 valence electrons. The van der Waals surface area contributed by atoms with Gasteiger partial charge >= 0.3 is 0 Å². The van der Waals surface area contributed by atoms with Crippen molar-refractivity contribution in [1.82, 2.24) is 9.47 Å². The summed E-state index contributed by atoms with van der Waals surface area (Å²) >= 11 is 0. The summed E-state index contributed by atoms with van der Waals surface area (Å²) in [6.07, 6.45) is 0.990. The molecule has 0 amide bonds. The smallest absolute Gasteiger partial charge is 0.133 e. The molecular weight excluding hydrogens is 238 g/mol. The molecule has 5 nitrogen and oxygen atoms in total. The molecule has 0 bridgehead atoms. The van der Waals surface area contributed by atoms with Crippen LogP contribution in [0.4, 0.5) is 11.5 Å². The van der Waals surface area contributed by atoms with Crippen LogP contribution in [0.25, 0.3) is 0 Å². The SMILES string of the molecule is CC[C@@H](C)n1c(C#N)cc(N)c1N1CCN(C)CC1. The van der Waals surface area contributed by atoms with Crippen LogP contribution >= 0.6 is 0 Å². The van der Waals surface area contributed by atoms with Gasteiger partial charge in [-0.15, -0.1) is 0 Å². The van der Waals surface area contributed by atoms with Gasteiger partial charge < -0.3 is 20.1 Å². The van der Waals surface area contributed by atoms with Crippen LogP contribution in [0.15, 0.2) is 6.07 Å². The molecule has 1 atom stereocenters. The Kier molecular flexibility index (Phi) is 4.01. The summed E-state index contributed by atoms with van der Waals surface area (Å²) in [6, 6.07) is 4.36. The molecule has 1 saturated heterocycles. The average molecular weight is 261 g/mol. The van der Waals surface area contributed by atoms with Gasteiger partial charge in [-0.2, -0.15) is 5.26 Å². The third-order valence-electron chi connectivity index (χ3n) is 3.99. The predicted octanol–water partition coefficient (Wildman–Crippen LogP) is 1.66. The van der Waals surface area contributed by atoms with E-state index in [0.29, 0.717) is 11.7 Å². The maximum absolute atomic E-state index is 9.29. The molecule has 0 radical (unpaired) electrons. The minimum Gasteiger partial charge on any atom is -0.396 e. The maximum Gasteiger partial charge on any atom is 0.133 e. The molecule has 1 aromatic rings. The van der Waals surface area contributed by atoms with Crippen LogP contribution < -0.4 is 10.6 Å². The van der Waals surface area contributed by atoms with E-state index in [4.69, 9.17) is 5.73 Å². The van der Waals surface area contributed by atoms with Crippen LogP contribution in [0.2, 0.25) is 0 Å². The predicted molar refractivity (Wildman–Crippen MR) is 78.3 cm³/mol. The summed E-state index contributed by atoms with van der Waals surface area (Å²) in [7, 11) is 2.13. The lowest BCUT2D eigenvalue weighted by Gasteiger charge is -2.35. The molecule has 1 aromatic heterocycles. The van der Waals surface area contributed by atoms with Gasteiger partial charge in [0.2, 0.25) is 0 Å². The standard InChI is InChI=1S/C14H23N5/c1-4-11(2)19-12(10-15)9-13(16)14(19)18-7-5-17(3)6-8-18/h9,11H,4-8,16H2,1-3H3/t11-/m1/s1. The Balaban J connectivity index is 2.39. The van der Waals surface area contributed by atoms with Gasteiger partial charge in [0.1, 0.15) is 17.6 Å². The number of nitrogen functional groups attached to an aromatic ring is 1. The number of likely N-dealkylation sites (N-methyl/N-ethyl adjacent to an activating group) is 1. The number of hydrogen-bond donors (Lipinski definition) is 1. The number of rotatable bonds is 3. The number of piperazine rings is 1. The van der Waals surface area contributed by atoms with E-state index in [2.05, 4.69) is 41.3 Å². The zero-order valence-corrected chi connectivity index (χ0v) is 12.1. The first-order valence-electron chi connectivity index (χ1n) is 6.92. The Hall–Kier alpha value is -1.67. The Morgan fingerprint density at radius 3 is 2.53 bits per heavy atom. The molecule has 0 spiro atoms. The van der Waals surface area contributed by atoms with Crippen LogP contribution in [-0.2, 0) is 0 Å². The number of anilines is 2. The van der Waals surface area contributed by atoms with E-state index in [9.17, 15) is 5.26 Å². The van der Waals surface area contributed by atoms with E-state index in [0.717, 1.165) is 44.1 Å². The summed E-state index contributed by atoms with van der Waals surface area (Å²) in [5.41, 5.74) is 7.54. The molecule has 1 fully saturated rings. The summed E-state index contributed by atoms with van der Waals surface area (Å²) in [5, 5.41) is 9.29. The molecular formula is C14H23N5. The van der Waals surface area contributed by atoms with Crippen molar-refractivity contribution < 1.29 is 0 Å². The summed E-state index contributed by atoms with van der Waals surface area (Å²) < 4.78 is 2.10. The second-order valence-electron chi connectivity index (χ2n) is 5.34. The normalized spacial score (nSPS) is 18.3. The van der Waals surface area contributed by atoms with Crippen LogP contribution in [0.5, 0.6) is 0 Å². The third kappa shape index (κ3) is 2.54. The van der Waals surface area contributed by atoms with Crippen molar-refractivity contribution in [2.24, 2.45) is 0 Å². The second-order valence-corrected chi connectivity index (χ2v) is 5.34. The highest BCUT2D eigenvalue weighted by Gasteiger charge is 2.24. The third-order valence-corrected chi connectivity index (χ3v) is 3.99. The van der Waals surface area contributed by atoms with E-state index in [-0.39, 0.29) is 0 Å². The zero-order valence-electron chi connectivity index (χ0n) is 12.1. The quantitative estimate of drug-likeness (QED) is 0.899. The summed E-state index contributed by atoms with van der Waals surface area (Å²) in [5.74, 6) is 1.03. The molecule has 0 saturated carbocycles. The highest BCUT2D eigenvalue weighted by atomic mass is 15.3. The van der Waals surface area contributed by atoms with Crippen molar-refractivity contribution in [3.63, 3.8) is 0 Å². The molecule has 19 heavy (non-hydrogen) atoms. The van der Waals surface area contributed by atoms with Crippen molar-refractivity contribution >= 4 is 11.5 Å². The Bertz CT molecular complexity index is 477. The molecule has 0 aliphatic carbocycles. The lowest BCUT2D eigenvalue weighted by Crippen LogP contribution is -2.45. The molecule has 2 rings (SSSR count). The Labute approximate surface area is 115 Å². The monoisotopic (exact) mass is 261 g/mol. The lowest BCUT2D eigenvalue weighted by atomic mass is 10.2. The Morgan fingerprint density at radius 1 is 1.37 bits per heavy atom. The van der Waals surface area contributed by atoms with Gasteiger partial charge in [0.15, 0.2) is 0 Å². The highest BCUT2D eigenvalue weighted by Crippen LogP contribution is 2.32. The molecule has 2 heterocycles. The van der Waals surface area contributed by atoms with Gasteiger partial charge in [-0.1, -0.05) is 6.92 Å². The molecule has 1 aliphatic heterocycles. The largest absolute Gasteiger partial charge is 0.396 e. The number of hydrogen-bond acceptors (Lipinski definition) is 4. The van der Waals surface area contributed by atoms with Crippen molar-refractivity contribution in [2.75, 3.05) is 43.9 Å². The fourth-order valence-electron chi connectivity index (χ4n) is 2.60. The summed E-state index contributed by atoms with van der Waals surface area (Å²) in [4.78, 5) is 4.62. The van der Waals surface area contributed by atoms with Crippen LogP contribution in [0, 0.1) is 11.3 Å². The molecule has 2 N–H and O–H groups in total. The van der Waals surface area contributed by atoms with Crippen molar-refractivity contribution in [2.45, 2.75) is 26.3 Å². The number of nitrogens with two attached hydrogens (primary N) is 1. The van der Waals surface area contributed by atoms with Gasteiger partial charge in [0, 0.05) is 32.2 Å². The average Bonchev–Trinajstić information content (AvgIpc) is 2.75. The van der Waals surface area contributed by atoms with E-state index in [1.807, 2.05) is 0 Å². The lowest BCUT2D eigenvalue weighted by molar-refractivity contribution is 0.310. The second kappa shape index (κ2) is 5.54. The minimum absolute atomic E-state index is 0.293. The zero-order chi connectivity index (χ0) is 14.0. The molecule has 1 aliphatic rings. The first kappa shape index (κ1) is 13.8. The van der Waals surface area contributed by atoms with Crippen LogP contribution in [0.1, 0.15) is 32.0 Å². The minimum atomic E-state index is 0.293.